The van der Waals surface area contributed by atoms with Crippen molar-refractivity contribution in [2.45, 2.75) is 11.7 Å². The number of imidazole rings is 1. The molecule has 4 rings (SSSR count). The number of hydrogen-bond donors (Lipinski definition) is 1. The Morgan fingerprint density at radius 1 is 1.22 bits per heavy atom. The molecule has 8 nitrogen and oxygen atoms in total. The van der Waals surface area contributed by atoms with E-state index < -0.39 is 15.7 Å². The predicted molar refractivity (Wildman–Crippen MR) is 98.5 cm³/mol. The van der Waals surface area contributed by atoms with E-state index in [9.17, 15) is 13.2 Å². The number of pyridine rings is 1. The maximum absolute atomic E-state index is 12.9. The predicted octanol–water partition coefficient (Wildman–Crippen LogP) is 1.99. The minimum Gasteiger partial charge on any atom is -0.497 e. The first-order valence-electron chi connectivity index (χ1n) is 8.19. The molecule has 138 valence electrons. The normalized spacial score (nSPS) is 14.6. The molecule has 0 unspecified atom stereocenters. The van der Waals surface area contributed by atoms with Crippen LogP contribution in [0, 0.1) is 0 Å². The topological polar surface area (TPSA) is 103 Å². The first-order valence-corrected chi connectivity index (χ1v) is 9.84. The van der Waals surface area contributed by atoms with Gasteiger partial charge in [-0.05, 0) is 36.4 Å². The Hall–Kier alpha value is -3.20. The molecule has 1 N–H and O–H groups in total. The number of carbonyl (C=O) groups excluding carboxylic acids is 1. The number of nitrogens with one attached hydrogen (secondary N) is 1. The SMILES string of the molecule is COc1ccc(-c2nc3n(c2C(=O)Nc2cccnc2)CCS3(=O)=O)cc1. The maximum atomic E-state index is 12.9. The summed E-state index contributed by atoms with van der Waals surface area (Å²) in [6.07, 6.45) is 3.12. The Balaban J connectivity index is 1.82. The molecular weight excluding hydrogens is 368 g/mol. The van der Waals surface area contributed by atoms with Crippen molar-refractivity contribution >= 4 is 21.4 Å². The molecule has 0 saturated carbocycles. The van der Waals surface area contributed by atoms with E-state index in [1.807, 2.05) is 0 Å². The van der Waals surface area contributed by atoms with Crippen LogP contribution in [0.15, 0.2) is 53.9 Å². The molecule has 9 heteroatoms. The summed E-state index contributed by atoms with van der Waals surface area (Å²) in [5.41, 5.74) is 1.67. The first-order chi connectivity index (χ1) is 13.0. The van der Waals surface area contributed by atoms with Gasteiger partial charge in [-0.2, -0.15) is 0 Å². The summed E-state index contributed by atoms with van der Waals surface area (Å²) in [7, 11) is -1.94. The van der Waals surface area contributed by atoms with Gasteiger partial charge in [0.25, 0.3) is 5.91 Å². The zero-order chi connectivity index (χ0) is 19.0. The highest BCUT2D eigenvalue weighted by atomic mass is 32.2. The second-order valence-corrected chi connectivity index (χ2v) is 7.99. The fourth-order valence-corrected chi connectivity index (χ4v) is 4.34. The number of ether oxygens (including phenoxy) is 1. The lowest BCUT2D eigenvalue weighted by Crippen LogP contribution is -2.18. The van der Waals surface area contributed by atoms with E-state index in [-0.39, 0.29) is 23.1 Å². The van der Waals surface area contributed by atoms with Gasteiger partial charge in [0.1, 0.15) is 17.1 Å². The third-order valence-electron chi connectivity index (χ3n) is 4.29. The molecular formula is C18H16N4O4S. The smallest absolute Gasteiger partial charge is 0.274 e. The highest BCUT2D eigenvalue weighted by Gasteiger charge is 2.35. The van der Waals surface area contributed by atoms with Crippen LogP contribution in [-0.2, 0) is 16.4 Å². The van der Waals surface area contributed by atoms with Crippen LogP contribution in [0.4, 0.5) is 5.69 Å². The molecule has 3 heterocycles. The van der Waals surface area contributed by atoms with Crippen LogP contribution >= 0.6 is 0 Å². The number of carbonyl (C=O) groups is 1. The Bertz CT molecular complexity index is 1110. The number of sulfone groups is 1. The lowest BCUT2D eigenvalue weighted by atomic mass is 10.1. The summed E-state index contributed by atoms with van der Waals surface area (Å²) in [5.74, 6) is 0.148. The molecule has 0 radical (unpaired) electrons. The summed E-state index contributed by atoms with van der Waals surface area (Å²) in [6.45, 7) is 0.191. The van der Waals surface area contributed by atoms with Gasteiger partial charge < -0.3 is 14.6 Å². The molecule has 0 fully saturated rings. The molecule has 0 spiro atoms. The number of amides is 1. The Kier molecular flexibility index (Phi) is 4.15. The van der Waals surface area contributed by atoms with Gasteiger partial charge in [-0.15, -0.1) is 0 Å². The fourth-order valence-electron chi connectivity index (χ4n) is 2.99. The molecule has 27 heavy (non-hydrogen) atoms. The van der Waals surface area contributed by atoms with Crippen LogP contribution in [0.2, 0.25) is 0 Å². The molecule has 0 saturated heterocycles. The highest BCUT2D eigenvalue weighted by Crippen LogP contribution is 2.31. The third-order valence-corrected chi connectivity index (χ3v) is 5.88. The van der Waals surface area contributed by atoms with Gasteiger partial charge in [0.05, 0.1) is 24.7 Å². The lowest BCUT2D eigenvalue weighted by molar-refractivity contribution is 0.101. The quantitative estimate of drug-likeness (QED) is 0.738. The van der Waals surface area contributed by atoms with Crippen molar-refractivity contribution in [3.63, 3.8) is 0 Å². The monoisotopic (exact) mass is 384 g/mol. The Labute approximate surface area is 155 Å². The van der Waals surface area contributed by atoms with Crippen molar-refractivity contribution < 1.29 is 17.9 Å². The number of aromatic nitrogens is 3. The summed E-state index contributed by atoms with van der Waals surface area (Å²) in [6, 6.07) is 10.4. The molecule has 3 aromatic rings. The molecule has 2 aromatic heterocycles. The van der Waals surface area contributed by atoms with Crippen LogP contribution in [0.25, 0.3) is 11.3 Å². The van der Waals surface area contributed by atoms with Crippen molar-refractivity contribution in [1.29, 1.82) is 0 Å². The van der Waals surface area contributed by atoms with Gasteiger partial charge in [-0.1, -0.05) is 0 Å². The number of hydrogen-bond acceptors (Lipinski definition) is 6. The van der Waals surface area contributed by atoms with Crippen LogP contribution in [-0.4, -0.2) is 41.7 Å². The maximum Gasteiger partial charge on any atom is 0.274 e. The molecule has 1 amide bonds. The van der Waals surface area contributed by atoms with Crippen LogP contribution in [0.5, 0.6) is 5.75 Å². The van der Waals surface area contributed by atoms with Crippen molar-refractivity contribution in [3.8, 4) is 17.0 Å². The van der Waals surface area contributed by atoms with E-state index in [4.69, 9.17) is 4.74 Å². The third kappa shape index (κ3) is 3.06. The first kappa shape index (κ1) is 17.2. The van der Waals surface area contributed by atoms with Crippen molar-refractivity contribution in [2.24, 2.45) is 0 Å². The number of nitrogens with zero attached hydrogens (tertiary/aromatic N) is 3. The average Bonchev–Trinajstić information content (AvgIpc) is 3.20. The standard InChI is InChI=1S/C18H16N4O4S/c1-26-14-6-4-12(5-7-14)15-16(17(23)20-13-3-2-8-19-11-13)22-9-10-27(24,25)18(22)21-15/h2-8,11H,9-10H2,1H3,(H,20,23). The van der Waals surface area contributed by atoms with Gasteiger partial charge in [0, 0.05) is 18.3 Å². The molecule has 0 aliphatic carbocycles. The summed E-state index contributed by atoms with van der Waals surface area (Å²) in [5, 5.41) is 2.67. The average molecular weight is 384 g/mol. The number of methoxy groups -OCH3 is 1. The van der Waals surface area contributed by atoms with Crippen molar-refractivity contribution in [1.82, 2.24) is 14.5 Å². The summed E-state index contributed by atoms with van der Waals surface area (Å²) in [4.78, 5) is 21.2. The zero-order valence-corrected chi connectivity index (χ0v) is 15.2. The van der Waals surface area contributed by atoms with E-state index in [0.717, 1.165) is 0 Å². The minimum atomic E-state index is -3.50. The van der Waals surface area contributed by atoms with Crippen molar-refractivity contribution in [3.05, 3.63) is 54.5 Å². The van der Waals surface area contributed by atoms with Crippen molar-refractivity contribution in [2.75, 3.05) is 18.2 Å². The highest BCUT2D eigenvalue weighted by molar-refractivity contribution is 7.91. The molecule has 0 bridgehead atoms. The van der Waals surface area contributed by atoms with Crippen LogP contribution < -0.4 is 10.1 Å². The number of rotatable bonds is 4. The van der Waals surface area contributed by atoms with E-state index >= 15 is 0 Å². The Morgan fingerprint density at radius 3 is 2.67 bits per heavy atom. The van der Waals surface area contributed by atoms with E-state index in [1.165, 1.54) is 10.8 Å². The summed E-state index contributed by atoms with van der Waals surface area (Å²) < 4.78 is 31.2. The fraction of sp³-hybridized carbons (Fsp3) is 0.167. The number of anilines is 1. The zero-order valence-electron chi connectivity index (χ0n) is 14.4. The minimum absolute atomic E-state index is 0.0641. The van der Waals surface area contributed by atoms with Gasteiger partial charge in [0.15, 0.2) is 0 Å². The number of benzene rings is 1. The van der Waals surface area contributed by atoms with Gasteiger partial charge in [0.2, 0.25) is 15.0 Å². The second kappa shape index (κ2) is 6.51. The van der Waals surface area contributed by atoms with Crippen LogP contribution in [0.1, 0.15) is 10.5 Å². The number of fused-ring (bicyclic) bond motifs is 1. The van der Waals surface area contributed by atoms with E-state index in [1.54, 1.807) is 49.7 Å². The molecule has 1 aromatic carbocycles. The van der Waals surface area contributed by atoms with E-state index in [2.05, 4.69) is 15.3 Å². The second-order valence-electron chi connectivity index (χ2n) is 5.99. The van der Waals surface area contributed by atoms with Gasteiger partial charge in [-0.25, -0.2) is 13.4 Å². The van der Waals surface area contributed by atoms with E-state index in [0.29, 0.717) is 22.7 Å². The molecule has 0 atom stereocenters. The largest absolute Gasteiger partial charge is 0.497 e. The van der Waals surface area contributed by atoms with Crippen LogP contribution in [0.3, 0.4) is 0 Å². The lowest BCUT2D eigenvalue weighted by Gasteiger charge is -2.09. The summed E-state index contributed by atoms with van der Waals surface area (Å²) >= 11 is 0. The molecule has 1 aliphatic heterocycles. The van der Waals surface area contributed by atoms with Gasteiger partial charge in [-0.3, -0.25) is 9.78 Å². The molecule has 1 aliphatic rings. The Morgan fingerprint density at radius 2 is 2.00 bits per heavy atom. The van der Waals surface area contributed by atoms with Gasteiger partial charge >= 0.3 is 0 Å².